The Balaban J connectivity index is 1.15. The van der Waals surface area contributed by atoms with Gasteiger partial charge in [0.1, 0.15) is 6.54 Å². The third kappa shape index (κ3) is 2.90. The molecule has 6 heteroatoms. The topological polar surface area (TPSA) is 58.4 Å². The molecule has 2 atom stereocenters. The lowest BCUT2D eigenvalue weighted by molar-refractivity contribution is -0.139. The molecule has 2 saturated carbocycles. The second kappa shape index (κ2) is 5.94. The minimum Gasteiger partial charge on any atom is -0.338 e. The monoisotopic (exact) mass is 342 g/mol. The third-order valence-corrected chi connectivity index (χ3v) is 6.69. The van der Waals surface area contributed by atoms with Crippen LogP contribution in [0.5, 0.6) is 0 Å². The SMILES string of the molecule is O=C(Cn1cnc(C2CC2)cc1=O)N1CC(N2CC3CCCC3C2)C1. The van der Waals surface area contributed by atoms with Crippen LogP contribution in [-0.2, 0) is 11.3 Å². The van der Waals surface area contributed by atoms with Crippen LogP contribution >= 0.6 is 0 Å². The Kier molecular flexibility index (Phi) is 3.69. The maximum absolute atomic E-state index is 12.5. The van der Waals surface area contributed by atoms with E-state index in [2.05, 4.69) is 9.88 Å². The second-order valence-electron chi connectivity index (χ2n) is 8.41. The lowest BCUT2D eigenvalue weighted by Gasteiger charge is -2.44. The first-order valence-corrected chi connectivity index (χ1v) is 9.75. The molecule has 1 aromatic heterocycles. The van der Waals surface area contributed by atoms with E-state index in [1.54, 1.807) is 12.4 Å². The maximum atomic E-state index is 12.5. The highest BCUT2D eigenvalue weighted by Gasteiger charge is 2.43. The van der Waals surface area contributed by atoms with E-state index in [1.165, 1.54) is 36.9 Å². The Morgan fingerprint density at radius 2 is 1.80 bits per heavy atom. The number of aromatic nitrogens is 2. The summed E-state index contributed by atoms with van der Waals surface area (Å²) in [6, 6.07) is 2.13. The van der Waals surface area contributed by atoms with E-state index in [0.717, 1.165) is 43.5 Å². The van der Waals surface area contributed by atoms with Gasteiger partial charge in [-0.2, -0.15) is 0 Å². The van der Waals surface area contributed by atoms with Crippen molar-refractivity contribution >= 4 is 5.91 Å². The fraction of sp³-hybridized carbons (Fsp3) is 0.737. The number of amides is 1. The smallest absolute Gasteiger partial charge is 0.254 e. The third-order valence-electron chi connectivity index (χ3n) is 6.69. The molecule has 0 aromatic carbocycles. The van der Waals surface area contributed by atoms with Crippen LogP contribution in [0.4, 0.5) is 0 Å². The molecule has 5 rings (SSSR count). The van der Waals surface area contributed by atoms with Crippen molar-refractivity contribution in [1.82, 2.24) is 19.4 Å². The quantitative estimate of drug-likeness (QED) is 0.821. The van der Waals surface area contributed by atoms with Gasteiger partial charge in [-0.05, 0) is 37.5 Å². The van der Waals surface area contributed by atoms with Gasteiger partial charge in [0.25, 0.3) is 5.56 Å². The Bertz CT molecular complexity index is 723. The summed E-state index contributed by atoms with van der Waals surface area (Å²) in [4.78, 5) is 33.5. The van der Waals surface area contributed by atoms with Crippen molar-refractivity contribution in [3.63, 3.8) is 0 Å². The number of likely N-dealkylation sites (tertiary alicyclic amines) is 2. The van der Waals surface area contributed by atoms with E-state index in [-0.39, 0.29) is 18.0 Å². The number of carbonyl (C=O) groups is 1. The van der Waals surface area contributed by atoms with Crippen LogP contribution in [0.1, 0.15) is 43.7 Å². The zero-order valence-corrected chi connectivity index (χ0v) is 14.6. The van der Waals surface area contributed by atoms with Crippen molar-refractivity contribution in [3.8, 4) is 0 Å². The summed E-state index contributed by atoms with van der Waals surface area (Å²) in [5, 5.41) is 0. The molecule has 0 bridgehead atoms. The van der Waals surface area contributed by atoms with E-state index in [1.807, 2.05) is 4.90 Å². The van der Waals surface area contributed by atoms with Crippen LogP contribution in [0.3, 0.4) is 0 Å². The van der Waals surface area contributed by atoms with Crippen LogP contribution in [0.15, 0.2) is 17.2 Å². The molecule has 2 aliphatic heterocycles. The lowest BCUT2D eigenvalue weighted by Crippen LogP contribution is -2.61. The van der Waals surface area contributed by atoms with Gasteiger partial charge in [0.05, 0.1) is 12.0 Å². The maximum Gasteiger partial charge on any atom is 0.254 e. The summed E-state index contributed by atoms with van der Waals surface area (Å²) in [7, 11) is 0. The van der Waals surface area contributed by atoms with Crippen LogP contribution in [-0.4, -0.2) is 57.5 Å². The van der Waals surface area contributed by atoms with Gasteiger partial charge in [0, 0.05) is 44.2 Å². The first kappa shape index (κ1) is 15.6. The Morgan fingerprint density at radius 1 is 1.08 bits per heavy atom. The molecule has 4 fully saturated rings. The van der Waals surface area contributed by atoms with Gasteiger partial charge >= 0.3 is 0 Å². The molecular weight excluding hydrogens is 316 g/mol. The summed E-state index contributed by atoms with van der Waals surface area (Å²) < 4.78 is 1.45. The van der Waals surface area contributed by atoms with E-state index >= 15 is 0 Å². The first-order valence-electron chi connectivity index (χ1n) is 9.75. The average Bonchev–Trinajstić information content (AvgIpc) is 3.17. The molecular formula is C19H26N4O2. The molecule has 2 saturated heterocycles. The van der Waals surface area contributed by atoms with Crippen LogP contribution < -0.4 is 5.56 Å². The Labute approximate surface area is 147 Å². The minimum atomic E-state index is -0.102. The van der Waals surface area contributed by atoms with Crippen molar-refractivity contribution in [2.45, 2.75) is 50.6 Å². The molecule has 0 radical (unpaired) electrons. The van der Waals surface area contributed by atoms with E-state index < -0.39 is 0 Å². The van der Waals surface area contributed by atoms with Gasteiger partial charge < -0.3 is 4.90 Å². The summed E-state index contributed by atoms with van der Waals surface area (Å²) in [5.41, 5.74) is 0.784. The first-order chi connectivity index (χ1) is 12.2. The van der Waals surface area contributed by atoms with Crippen molar-refractivity contribution in [2.75, 3.05) is 26.2 Å². The zero-order valence-electron chi connectivity index (χ0n) is 14.6. The van der Waals surface area contributed by atoms with Crippen molar-refractivity contribution in [2.24, 2.45) is 11.8 Å². The van der Waals surface area contributed by atoms with Gasteiger partial charge in [-0.25, -0.2) is 4.98 Å². The van der Waals surface area contributed by atoms with Crippen LogP contribution in [0.25, 0.3) is 0 Å². The largest absolute Gasteiger partial charge is 0.338 e. The Hall–Kier alpha value is -1.69. The highest BCUT2D eigenvalue weighted by molar-refractivity contribution is 5.77. The molecule has 25 heavy (non-hydrogen) atoms. The number of fused-ring (bicyclic) bond motifs is 1. The van der Waals surface area contributed by atoms with Crippen molar-refractivity contribution < 1.29 is 4.79 Å². The second-order valence-corrected chi connectivity index (χ2v) is 8.41. The fourth-order valence-electron chi connectivity index (χ4n) is 4.87. The van der Waals surface area contributed by atoms with Crippen molar-refractivity contribution in [1.29, 1.82) is 0 Å². The number of rotatable bonds is 4. The normalized spacial score (nSPS) is 29.7. The molecule has 2 unspecified atom stereocenters. The molecule has 6 nitrogen and oxygen atoms in total. The summed E-state index contributed by atoms with van der Waals surface area (Å²) in [6.45, 7) is 4.21. The van der Waals surface area contributed by atoms with Gasteiger partial charge in [0.2, 0.25) is 5.91 Å². The lowest BCUT2D eigenvalue weighted by atomic mass is 10.0. The minimum absolute atomic E-state index is 0.0405. The van der Waals surface area contributed by atoms with Gasteiger partial charge in [-0.1, -0.05) is 6.42 Å². The predicted octanol–water partition coefficient (Wildman–Crippen LogP) is 1.06. The van der Waals surface area contributed by atoms with E-state index in [0.29, 0.717) is 12.0 Å². The van der Waals surface area contributed by atoms with E-state index in [4.69, 9.17) is 0 Å². The molecule has 1 amide bonds. The van der Waals surface area contributed by atoms with Gasteiger partial charge in [0.15, 0.2) is 0 Å². The number of nitrogens with zero attached hydrogens (tertiary/aromatic N) is 4. The van der Waals surface area contributed by atoms with Gasteiger partial charge in [-0.3, -0.25) is 19.1 Å². The fourth-order valence-corrected chi connectivity index (χ4v) is 4.87. The highest BCUT2D eigenvalue weighted by atomic mass is 16.2. The van der Waals surface area contributed by atoms with Crippen molar-refractivity contribution in [3.05, 3.63) is 28.4 Å². The zero-order chi connectivity index (χ0) is 17.0. The number of hydrogen-bond acceptors (Lipinski definition) is 4. The van der Waals surface area contributed by atoms with Crippen LogP contribution in [0, 0.1) is 11.8 Å². The standard InChI is InChI=1S/C19H26N4O2/c24-18-6-17(13-4-5-13)20-12-23(18)11-19(25)22-9-16(10-22)21-7-14-2-1-3-15(14)8-21/h6,12-16H,1-5,7-11H2. The van der Waals surface area contributed by atoms with Gasteiger partial charge in [-0.15, -0.1) is 0 Å². The molecule has 3 heterocycles. The molecule has 0 N–H and O–H groups in total. The Morgan fingerprint density at radius 3 is 2.44 bits per heavy atom. The predicted molar refractivity (Wildman–Crippen MR) is 93.2 cm³/mol. The number of hydrogen-bond donors (Lipinski definition) is 0. The summed E-state index contributed by atoms with van der Waals surface area (Å²) >= 11 is 0. The molecule has 2 aliphatic carbocycles. The van der Waals surface area contributed by atoms with Crippen LogP contribution in [0.2, 0.25) is 0 Å². The summed E-state index contributed by atoms with van der Waals surface area (Å²) in [5.74, 6) is 2.31. The number of carbonyl (C=O) groups excluding carboxylic acids is 1. The molecule has 1 aromatic rings. The molecule has 134 valence electrons. The highest BCUT2D eigenvalue weighted by Crippen LogP contribution is 2.39. The molecule has 0 spiro atoms. The molecule has 4 aliphatic rings. The average molecular weight is 342 g/mol. The summed E-state index contributed by atoms with van der Waals surface area (Å²) in [6.07, 6.45) is 7.99. The van der Waals surface area contributed by atoms with E-state index in [9.17, 15) is 9.59 Å².